The molecule has 4 nitrogen and oxygen atoms in total. The van der Waals surface area contributed by atoms with E-state index < -0.39 is 0 Å². The van der Waals surface area contributed by atoms with Gasteiger partial charge in [0.2, 0.25) is 5.91 Å². The number of carbonyl (C=O) groups excluding carboxylic acids is 1. The summed E-state index contributed by atoms with van der Waals surface area (Å²) in [6.07, 6.45) is 3.78. The molecule has 2 fully saturated rings. The Morgan fingerprint density at radius 2 is 2.29 bits per heavy atom. The Hall–Kier alpha value is -0.610. The first-order chi connectivity index (χ1) is 8.09. The smallest absolute Gasteiger partial charge is 0.239 e. The fraction of sp³-hybridized carbons (Fsp3) is 0.923. The van der Waals surface area contributed by atoms with Crippen LogP contribution in [-0.4, -0.2) is 43.2 Å². The summed E-state index contributed by atoms with van der Waals surface area (Å²) in [4.78, 5) is 13.9. The average molecular weight is 240 g/mol. The summed E-state index contributed by atoms with van der Waals surface area (Å²) in [5.41, 5.74) is 6.03. The van der Waals surface area contributed by atoms with Gasteiger partial charge in [0, 0.05) is 25.6 Å². The SMILES string of the molecule is CCOC[C@@H]1CN(C(=O)[C@@H](C)N)CC12CCC2. The summed E-state index contributed by atoms with van der Waals surface area (Å²) >= 11 is 0. The third-order valence-electron chi connectivity index (χ3n) is 4.39. The number of hydrogen-bond donors (Lipinski definition) is 1. The van der Waals surface area contributed by atoms with Gasteiger partial charge in [0.25, 0.3) is 0 Å². The predicted octanol–water partition coefficient (Wildman–Crippen LogP) is 0.999. The lowest BCUT2D eigenvalue weighted by Gasteiger charge is -2.42. The van der Waals surface area contributed by atoms with Crippen LogP contribution in [0.3, 0.4) is 0 Å². The van der Waals surface area contributed by atoms with E-state index in [1.807, 2.05) is 11.8 Å². The minimum atomic E-state index is -0.377. The molecule has 1 heterocycles. The Balaban J connectivity index is 1.99. The van der Waals surface area contributed by atoms with Gasteiger partial charge in [-0.25, -0.2) is 0 Å². The topological polar surface area (TPSA) is 55.6 Å². The molecule has 2 aliphatic rings. The maximum atomic E-state index is 12.0. The van der Waals surface area contributed by atoms with Gasteiger partial charge in [-0.05, 0) is 32.1 Å². The molecule has 2 atom stereocenters. The number of likely N-dealkylation sites (tertiary alicyclic amines) is 1. The lowest BCUT2D eigenvalue weighted by Crippen LogP contribution is -2.43. The van der Waals surface area contributed by atoms with E-state index in [2.05, 4.69) is 0 Å². The van der Waals surface area contributed by atoms with Crippen molar-refractivity contribution < 1.29 is 9.53 Å². The minimum absolute atomic E-state index is 0.0928. The zero-order chi connectivity index (χ0) is 12.5. The molecule has 0 bridgehead atoms. The summed E-state index contributed by atoms with van der Waals surface area (Å²) in [7, 11) is 0. The van der Waals surface area contributed by atoms with E-state index in [4.69, 9.17) is 10.5 Å². The predicted molar refractivity (Wildman–Crippen MR) is 66.5 cm³/mol. The van der Waals surface area contributed by atoms with Crippen LogP contribution >= 0.6 is 0 Å². The van der Waals surface area contributed by atoms with Crippen LogP contribution in [0.25, 0.3) is 0 Å². The Kier molecular flexibility index (Phi) is 3.73. The lowest BCUT2D eigenvalue weighted by atomic mass is 9.63. The van der Waals surface area contributed by atoms with Gasteiger partial charge < -0.3 is 15.4 Å². The van der Waals surface area contributed by atoms with Crippen molar-refractivity contribution in [3.05, 3.63) is 0 Å². The largest absolute Gasteiger partial charge is 0.381 e. The molecule has 0 aromatic rings. The van der Waals surface area contributed by atoms with Crippen molar-refractivity contribution in [3.63, 3.8) is 0 Å². The highest BCUT2D eigenvalue weighted by molar-refractivity contribution is 5.81. The maximum absolute atomic E-state index is 12.0. The van der Waals surface area contributed by atoms with E-state index in [9.17, 15) is 4.79 Å². The Morgan fingerprint density at radius 3 is 2.76 bits per heavy atom. The van der Waals surface area contributed by atoms with Gasteiger partial charge in [-0.15, -0.1) is 0 Å². The van der Waals surface area contributed by atoms with E-state index >= 15 is 0 Å². The van der Waals surface area contributed by atoms with Crippen LogP contribution in [0.4, 0.5) is 0 Å². The molecule has 1 aliphatic carbocycles. The number of carbonyl (C=O) groups is 1. The number of nitrogens with zero attached hydrogens (tertiary/aromatic N) is 1. The van der Waals surface area contributed by atoms with Crippen molar-refractivity contribution in [1.82, 2.24) is 4.90 Å². The molecule has 17 heavy (non-hydrogen) atoms. The number of amides is 1. The summed E-state index contributed by atoms with van der Waals surface area (Å²) in [5, 5.41) is 0. The highest BCUT2D eigenvalue weighted by Gasteiger charge is 2.51. The van der Waals surface area contributed by atoms with Crippen LogP contribution < -0.4 is 5.73 Å². The minimum Gasteiger partial charge on any atom is -0.381 e. The highest BCUT2D eigenvalue weighted by Crippen LogP contribution is 2.51. The molecule has 1 saturated heterocycles. The fourth-order valence-corrected chi connectivity index (χ4v) is 3.18. The van der Waals surface area contributed by atoms with E-state index in [0.717, 1.165) is 26.3 Å². The van der Waals surface area contributed by atoms with Gasteiger partial charge >= 0.3 is 0 Å². The number of rotatable bonds is 4. The van der Waals surface area contributed by atoms with Crippen LogP contribution in [0.1, 0.15) is 33.1 Å². The molecular formula is C13H24N2O2. The van der Waals surface area contributed by atoms with Crippen molar-refractivity contribution in [2.45, 2.75) is 39.2 Å². The highest BCUT2D eigenvalue weighted by atomic mass is 16.5. The molecule has 0 aromatic carbocycles. The first-order valence-electron chi connectivity index (χ1n) is 6.71. The molecule has 0 aromatic heterocycles. The molecule has 98 valence electrons. The van der Waals surface area contributed by atoms with Crippen molar-refractivity contribution in [2.24, 2.45) is 17.1 Å². The molecule has 2 rings (SSSR count). The first kappa shape index (κ1) is 12.8. The van der Waals surface area contributed by atoms with Gasteiger partial charge in [0.15, 0.2) is 0 Å². The second kappa shape index (κ2) is 4.94. The third-order valence-corrected chi connectivity index (χ3v) is 4.39. The maximum Gasteiger partial charge on any atom is 0.239 e. The van der Waals surface area contributed by atoms with Crippen LogP contribution in [0, 0.1) is 11.3 Å². The quantitative estimate of drug-likeness (QED) is 0.797. The van der Waals surface area contributed by atoms with Gasteiger partial charge in [0.05, 0.1) is 12.6 Å². The Morgan fingerprint density at radius 1 is 1.59 bits per heavy atom. The third kappa shape index (κ3) is 2.33. The summed E-state index contributed by atoms with van der Waals surface area (Å²) in [5.74, 6) is 0.606. The van der Waals surface area contributed by atoms with Crippen LogP contribution in [-0.2, 0) is 9.53 Å². The van der Waals surface area contributed by atoms with Crippen molar-refractivity contribution in [3.8, 4) is 0 Å². The zero-order valence-electron chi connectivity index (χ0n) is 10.9. The van der Waals surface area contributed by atoms with Gasteiger partial charge in [0.1, 0.15) is 0 Å². The van der Waals surface area contributed by atoms with E-state index in [-0.39, 0.29) is 11.9 Å². The van der Waals surface area contributed by atoms with Crippen LogP contribution in [0.5, 0.6) is 0 Å². The van der Waals surface area contributed by atoms with E-state index in [1.165, 1.54) is 19.3 Å². The Bertz CT molecular complexity index is 287. The molecule has 1 aliphatic heterocycles. The first-order valence-corrected chi connectivity index (χ1v) is 6.71. The average Bonchev–Trinajstić information content (AvgIpc) is 2.64. The summed E-state index contributed by atoms with van der Waals surface area (Å²) < 4.78 is 5.57. The van der Waals surface area contributed by atoms with Gasteiger partial charge in [-0.2, -0.15) is 0 Å². The van der Waals surface area contributed by atoms with E-state index in [0.29, 0.717) is 11.3 Å². The van der Waals surface area contributed by atoms with Crippen molar-refractivity contribution >= 4 is 5.91 Å². The number of hydrogen-bond acceptors (Lipinski definition) is 3. The molecule has 0 unspecified atom stereocenters. The molecule has 0 radical (unpaired) electrons. The second-order valence-electron chi connectivity index (χ2n) is 5.58. The van der Waals surface area contributed by atoms with Crippen molar-refractivity contribution in [2.75, 3.05) is 26.3 Å². The number of nitrogens with two attached hydrogens (primary N) is 1. The van der Waals surface area contributed by atoms with Crippen LogP contribution in [0.15, 0.2) is 0 Å². The molecule has 1 amide bonds. The fourth-order valence-electron chi connectivity index (χ4n) is 3.18. The normalized spacial score (nSPS) is 28.2. The lowest BCUT2D eigenvalue weighted by molar-refractivity contribution is -0.131. The Labute approximate surface area is 103 Å². The monoisotopic (exact) mass is 240 g/mol. The number of ether oxygens (including phenoxy) is 1. The van der Waals surface area contributed by atoms with Gasteiger partial charge in [-0.1, -0.05) is 6.42 Å². The summed E-state index contributed by atoms with van der Waals surface area (Å²) in [6.45, 7) is 7.07. The standard InChI is InChI=1S/C13H24N2O2/c1-3-17-8-11-7-15(12(16)10(2)14)9-13(11)5-4-6-13/h10-11H,3-9,14H2,1-2H3/t10-,11+/m1/s1. The molecule has 2 N–H and O–H groups in total. The zero-order valence-corrected chi connectivity index (χ0v) is 10.9. The second-order valence-corrected chi connectivity index (χ2v) is 5.58. The van der Waals surface area contributed by atoms with Crippen LogP contribution in [0.2, 0.25) is 0 Å². The molecule has 1 spiro atoms. The van der Waals surface area contributed by atoms with Gasteiger partial charge in [-0.3, -0.25) is 4.79 Å². The van der Waals surface area contributed by atoms with E-state index in [1.54, 1.807) is 6.92 Å². The molecule has 4 heteroatoms. The summed E-state index contributed by atoms with van der Waals surface area (Å²) in [6, 6.07) is -0.377. The van der Waals surface area contributed by atoms with Crippen molar-refractivity contribution in [1.29, 1.82) is 0 Å². The molecule has 1 saturated carbocycles. The molecular weight excluding hydrogens is 216 g/mol.